The molecule has 144 valence electrons. The summed E-state index contributed by atoms with van der Waals surface area (Å²) >= 11 is 0. The molecule has 27 heavy (non-hydrogen) atoms. The molecule has 1 atom stereocenters. The van der Waals surface area contributed by atoms with Crippen LogP contribution in [0.4, 0.5) is 11.4 Å². The van der Waals surface area contributed by atoms with Gasteiger partial charge in [-0.15, -0.1) is 12.4 Å². The fourth-order valence-corrected chi connectivity index (χ4v) is 3.43. The number of anilines is 2. The number of nitrogens with two attached hydrogens (primary N) is 1. The summed E-state index contributed by atoms with van der Waals surface area (Å²) in [7, 11) is 1.73. The zero-order valence-corrected chi connectivity index (χ0v) is 16.3. The van der Waals surface area contributed by atoms with Crippen LogP contribution in [-0.4, -0.2) is 36.3 Å². The summed E-state index contributed by atoms with van der Waals surface area (Å²) in [5, 5.41) is 0. The number of piperidine rings is 1. The lowest BCUT2D eigenvalue weighted by Gasteiger charge is -2.37. The van der Waals surface area contributed by atoms with Crippen LogP contribution in [0, 0.1) is 0 Å². The van der Waals surface area contributed by atoms with Crippen molar-refractivity contribution in [1.82, 2.24) is 4.90 Å². The van der Waals surface area contributed by atoms with Crippen molar-refractivity contribution in [2.24, 2.45) is 0 Å². The SMILES string of the molecule is CN(C(=O)CCc1ccccc1N)C1CCCN(c2ccccc2)C1=O.Cl. The molecule has 2 aromatic carbocycles. The van der Waals surface area contributed by atoms with Crippen molar-refractivity contribution < 1.29 is 9.59 Å². The maximum Gasteiger partial charge on any atom is 0.249 e. The molecule has 0 aromatic heterocycles. The number of nitrogens with zero attached hydrogens (tertiary/aromatic N) is 2. The molecule has 3 rings (SSSR count). The second kappa shape index (κ2) is 9.42. The number of hydrogen-bond donors (Lipinski definition) is 1. The molecule has 0 spiro atoms. The number of amides is 2. The highest BCUT2D eigenvalue weighted by Gasteiger charge is 2.34. The quantitative estimate of drug-likeness (QED) is 0.800. The molecule has 0 bridgehead atoms. The van der Waals surface area contributed by atoms with Gasteiger partial charge in [0.15, 0.2) is 0 Å². The van der Waals surface area contributed by atoms with E-state index >= 15 is 0 Å². The van der Waals surface area contributed by atoms with Crippen LogP contribution >= 0.6 is 12.4 Å². The molecule has 1 aliphatic heterocycles. The van der Waals surface area contributed by atoms with E-state index in [1.165, 1.54) is 0 Å². The Morgan fingerprint density at radius 1 is 1.15 bits per heavy atom. The number of likely N-dealkylation sites (N-methyl/N-ethyl adjacent to an activating group) is 1. The smallest absolute Gasteiger partial charge is 0.249 e. The van der Waals surface area contributed by atoms with Gasteiger partial charge >= 0.3 is 0 Å². The predicted octanol–water partition coefficient (Wildman–Crippen LogP) is 3.28. The summed E-state index contributed by atoms with van der Waals surface area (Å²) < 4.78 is 0. The number of hydrogen-bond acceptors (Lipinski definition) is 3. The van der Waals surface area contributed by atoms with Crippen molar-refractivity contribution >= 4 is 35.6 Å². The van der Waals surface area contributed by atoms with Gasteiger partial charge in [-0.05, 0) is 43.0 Å². The van der Waals surface area contributed by atoms with Crippen LogP contribution in [0.5, 0.6) is 0 Å². The molecule has 0 radical (unpaired) electrons. The number of halogens is 1. The zero-order chi connectivity index (χ0) is 18.5. The van der Waals surface area contributed by atoms with E-state index in [1.54, 1.807) is 16.8 Å². The monoisotopic (exact) mass is 387 g/mol. The van der Waals surface area contributed by atoms with Gasteiger partial charge in [-0.1, -0.05) is 36.4 Å². The van der Waals surface area contributed by atoms with Crippen LogP contribution in [0.2, 0.25) is 0 Å². The van der Waals surface area contributed by atoms with Crippen molar-refractivity contribution in [3.8, 4) is 0 Å². The van der Waals surface area contributed by atoms with Gasteiger partial charge in [0.1, 0.15) is 6.04 Å². The summed E-state index contributed by atoms with van der Waals surface area (Å²) in [5.74, 6) is -0.0287. The molecule has 0 aliphatic carbocycles. The molecule has 2 aromatic rings. The first-order chi connectivity index (χ1) is 12.6. The largest absolute Gasteiger partial charge is 0.399 e. The lowest BCUT2D eigenvalue weighted by atomic mass is 10.0. The number of rotatable bonds is 5. The maximum atomic E-state index is 12.9. The molecule has 2 N–H and O–H groups in total. The molecule has 6 heteroatoms. The molecule has 1 unspecified atom stereocenters. The molecule has 1 fully saturated rings. The van der Waals surface area contributed by atoms with Crippen LogP contribution in [0.3, 0.4) is 0 Å². The second-order valence-electron chi connectivity index (χ2n) is 6.69. The molecule has 1 aliphatic rings. The summed E-state index contributed by atoms with van der Waals surface area (Å²) in [6.07, 6.45) is 2.52. The standard InChI is InChI=1S/C21H25N3O2.ClH/c1-23(20(25)14-13-16-8-5-6-11-18(16)22)19-12-7-15-24(21(19)26)17-9-3-2-4-10-17;/h2-6,8-11,19H,7,12-15,22H2,1H3;1H. The highest BCUT2D eigenvalue weighted by Crippen LogP contribution is 2.23. The molecule has 0 saturated carbocycles. The average Bonchev–Trinajstić information content (AvgIpc) is 2.67. The first-order valence-corrected chi connectivity index (χ1v) is 9.03. The third-order valence-corrected chi connectivity index (χ3v) is 5.00. The van der Waals surface area contributed by atoms with E-state index in [2.05, 4.69) is 0 Å². The first kappa shape index (κ1) is 20.8. The minimum atomic E-state index is -0.399. The van der Waals surface area contributed by atoms with Crippen molar-refractivity contribution in [3.63, 3.8) is 0 Å². The highest BCUT2D eigenvalue weighted by molar-refractivity contribution is 5.99. The summed E-state index contributed by atoms with van der Waals surface area (Å²) in [5.41, 5.74) is 8.50. The fraction of sp³-hybridized carbons (Fsp3) is 0.333. The highest BCUT2D eigenvalue weighted by atomic mass is 35.5. The van der Waals surface area contributed by atoms with Gasteiger partial charge in [0.25, 0.3) is 0 Å². The van der Waals surface area contributed by atoms with E-state index in [4.69, 9.17) is 5.73 Å². The Morgan fingerprint density at radius 2 is 1.81 bits per heavy atom. The Morgan fingerprint density at radius 3 is 2.52 bits per heavy atom. The molecular weight excluding hydrogens is 362 g/mol. The van der Waals surface area contributed by atoms with Crippen molar-refractivity contribution in [1.29, 1.82) is 0 Å². The van der Waals surface area contributed by atoms with Crippen LogP contribution in [0.1, 0.15) is 24.8 Å². The molecule has 1 saturated heterocycles. The molecular formula is C21H26ClN3O2. The third kappa shape index (κ3) is 4.80. The normalized spacial score (nSPS) is 16.6. The Balaban J connectivity index is 0.00000261. The number of nitrogen functional groups attached to an aromatic ring is 1. The Bertz CT molecular complexity index is 782. The van der Waals surface area contributed by atoms with Crippen LogP contribution in [0.15, 0.2) is 54.6 Å². The molecule has 5 nitrogen and oxygen atoms in total. The van der Waals surface area contributed by atoms with Crippen molar-refractivity contribution in [2.45, 2.75) is 31.7 Å². The zero-order valence-electron chi connectivity index (χ0n) is 15.5. The number of carbonyl (C=O) groups excluding carboxylic acids is 2. The van der Waals surface area contributed by atoms with Gasteiger partial charge in [-0.2, -0.15) is 0 Å². The van der Waals surface area contributed by atoms with Crippen LogP contribution in [0.25, 0.3) is 0 Å². The number of benzene rings is 2. The summed E-state index contributed by atoms with van der Waals surface area (Å²) in [6.45, 7) is 0.696. The number of carbonyl (C=O) groups is 2. The van der Waals surface area contributed by atoms with E-state index in [0.29, 0.717) is 31.5 Å². The van der Waals surface area contributed by atoms with E-state index in [1.807, 2.05) is 54.6 Å². The fourth-order valence-electron chi connectivity index (χ4n) is 3.43. The molecule has 1 heterocycles. The van der Waals surface area contributed by atoms with Gasteiger partial charge < -0.3 is 15.5 Å². The Hall–Kier alpha value is -2.53. The third-order valence-electron chi connectivity index (χ3n) is 5.00. The van der Waals surface area contributed by atoms with E-state index in [9.17, 15) is 9.59 Å². The minimum Gasteiger partial charge on any atom is -0.399 e. The van der Waals surface area contributed by atoms with Gasteiger partial charge in [-0.25, -0.2) is 0 Å². The van der Waals surface area contributed by atoms with Crippen molar-refractivity contribution in [3.05, 3.63) is 60.2 Å². The predicted molar refractivity (Wildman–Crippen MR) is 111 cm³/mol. The lowest BCUT2D eigenvalue weighted by molar-refractivity contribution is -0.138. The number of para-hydroxylation sites is 2. The van der Waals surface area contributed by atoms with Gasteiger partial charge in [0, 0.05) is 31.4 Å². The second-order valence-corrected chi connectivity index (χ2v) is 6.69. The number of aryl methyl sites for hydroxylation is 1. The van der Waals surface area contributed by atoms with Gasteiger partial charge in [-0.3, -0.25) is 9.59 Å². The minimum absolute atomic E-state index is 0. The van der Waals surface area contributed by atoms with E-state index in [0.717, 1.165) is 17.7 Å². The lowest BCUT2D eigenvalue weighted by Crippen LogP contribution is -2.53. The van der Waals surface area contributed by atoms with Crippen LogP contribution in [-0.2, 0) is 16.0 Å². The maximum absolute atomic E-state index is 12.9. The van der Waals surface area contributed by atoms with E-state index < -0.39 is 6.04 Å². The Labute approximate surface area is 166 Å². The Kier molecular flexibility index (Phi) is 7.25. The average molecular weight is 388 g/mol. The topological polar surface area (TPSA) is 66.6 Å². The molecule has 2 amide bonds. The first-order valence-electron chi connectivity index (χ1n) is 9.03. The van der Waals surface area contributed by atoms with Gasteiger partial charge in [0.05, 0.1) is 0 Å². The van der Waals surface area contributed by atoms with E-state index in [-0.39, 0.29) is 24.2 Å². The van der Waals surface area contributed by atoms with Gasteiger partial charge in [0.2, 0.25) is 11.8 Å². The summed E-state index contributed by atoms with van der Waals surface area (Å²) in [4.78, 5) is 28.9. The summed E-state index contributed by atoms with van der Waals surface area (Å²) in [6, 6.07) is 16.8. The van der Waals surface area contributed by atoms with Crippen LogP contribution < -0.4 is 10.6 Å². The van der Waals surface area contributed by atoms with Crippen molar-refractivity contribution in [2.75, 3.05) is 24.2 Å².